The Hall–Kier alpha value is -1.26. The van der Waals surface area contributed by atoms with Crippen molar-refractivity contribution in [2.24, 2.45) is 0 Å². The third-order valence-electron chi connectivity index (χ3n) is 2.26. The third kappa shape index (κ3) is 3.72. The lowest BCUT2D eigenvalue weighted by molar-refractivity contribution is -0.119. The monoisotopic (exact) mass is 230 g/mol. The van der Waals surface area contributed by atoms with E-state index in [1.165, 1.54) is 6.92 Å². The second-order valence-corrected chi connectivity index (χ2v) is 4.72. The van der Waals surface area contributed by atoms with Crippen LogP contribution in [0.15, 0.2) is 0 Å². The first kappa shape index (κ1) is 14.7. The van der Waals surface area contributed by atoms with Crippen LogP contribution < -0.4 is 5.32 Å². The Labute approximate surface area is 97.1 Å². The summed E-state index contributed by atoms with van der Waals surface area (Å²) in [6, 6.07) is 0. The topological polar surface area (TPSA) is 58.6 Å². The van der Waals surface area contributed by atoms with Gasteiger partial charge in [-0.1, -0.05) is 7.43 Å². The predicted molar refractivity (Wildman–Crippen MR) is 62.1 cm³/mol. The molecule has 2 amide bonds. The first-order chi connectivity index (χ1) is 6.80. The average Bonchev–Trinajstić information content (AvgIpc) is 2.42. The molecule has 0 unspecified atom stereocenters. The van der Waals surface area contributed by atoms with Crippen LogP contribution in [-0.2, 0) is 9.53 Å². The quantitative estimate of drug-likeness (QED) is 0.779. The van der Waals surface area contributed by atoms with Crippen molar-refractivity contribution in [3.8, 4) is 0 Å². The van der Waals surface area contributed by atoms with Gasteiger partial charge < -0.3 is 10.1 Å². The highest BCUT2D eigenvalue weighted by molar-refractivity contribution is 5.73. The average molecular weight is 230 g/mol. The Morgan fingerprint density at radius 3 is 2.50 bits per heavy atom. The van der Waals surface area contributed by atoms with E-state index in [0.717, 1.165) is 0 Å². The molecule has 94 valence electrons. The lowest BCUT2D eigenvalue weighted by atomic mass is 10.1. The largest absolute Gasteiger partial charge is 0.442 e. The summed E-state index contributed by atoms with van der Waals surface area (Å²) in [7, 11) is 0. The summed E-state index contributed by atoms with van der Waals surface area (Å²) in [5.41, 5.74) is -0.234. The smallest absolute Gasteiger partial charge is 0.410 e. The normalized spacial score (nSPS) is 20.1. The molecule has 1 fully saturated rings. The van der Waals surface area contributed by atoms with Crippen LogP contribution in [0.25, 0.3) is 0 Å². The number of carbonyl (C=O) groups excluding carboxylic acids is 2. The van der Waals surface area contributed by atoms with E-state index in [0.29, 0.717) is 13.1 Å². The Morgan fingerprint density at radius 1 is 1.56 bits per heavy atom. The summed E-state index contributed by atoms with van der Waals surface area (Å²) in [4.78, 5) is 23.8. The van der Waals surface area contributed by atoms with Crippen LogP contribution in [0.3, 0.4) is 0 Å². The number of ether oxygens (including phenoxy) is 1. The predicted octanol–water partition coefficient (Wildman–Crippen LogP) is 1.38. The zero-order chi connectivity index (χ0) is 11.6. The van der Waals surface area contributed by atoms with Gasteiger partial charge in [-0.05, 0) is 20.8 Å². The van der Waals surface area contributed by atoms with E-state index in [1.54, 1.807) is 4.90 Å². The Kier molecular flexibility index (Phi) is 4.78. The molecular weight excluding hydrogens is 208 g/mol. The van der Waals surface area contributed by atoms with Crippen molar-refractivity contribution in [3.05, 3.63) is 0 Å². The van der Waals surface area contributed by atoms with Gasteiger partial charge in [0, 0.05) is 12.5 Å². The van der Waals surface area contributed by atoms with Crippen LogP contribution >= 0.6 is 0 Å². The van der Waals surface area contributed by atoms with Crippen molar-refractivity contribution < 1.29 is 14.3 Å². The van der Waals surface area contributed by atoms with Gasteiger partial charge in [-0.3, -0.25) is 9.69 Å². The van der Waals surface area contributed by atoms with Gasteiger partial charge >= 0.3 is 6.09 Å². The minimum absolute atomic E-state index is 0. The van der Waals surface area contributed by atoms with Gasteiger partial charge in [0.15, 0.2) is 0 Å². The highest BCUT2D eigenvalue weighted by Crippen LogP contribution is 2.21. The minimum atomic E-state index is -0.308. The first-order valence-corrected chi connectivity index (χ1v) is 5.03. The fourth-order valence-electron chi connectivity index (χ4n) is 1.43. The molecule has 1 heterocycles. The van der Waals surface area contributed by atoms with E-state index in [2.05, 4.69) is 5.32 Å². The number of cyclic esters (lactones) is 1. The minimum Gasteiger partial charge on any atom is -0.442 e. The molecule has 0 spiro atoms. The van der Waals surface area contributed by atoms with Gasteiger partial charge in [-0.25, -0.2) is 4.79 Å². The highest BCUT2D eigenvalue weighted by Gasteiger charge is 2.37. The molecule has 16 heavy (non-hydrogen) atoms. The van der Waals surface area contributed by atoms with E-state index in [4.69, 9.17) is 4.74 Å². The molecule has 0 bridgehead atoms. The highest BCUT2D eigenvalue weighted by atomic mass is 16.6. The summed E-state index contributed by atoms with van der Waals surface area (Å²) < 4.78 is 5.12. The van der Waals surface area contributed by atoms with E-state index >= 15 is 0 Å². The van der Waals surface area contributed by atoms with Crippen molar-refractivity contribution in [2.75, 3.05) is 13.1 Å². The fraction of sp³-hybridized carbons (Fsp3) is 0.818. The third-order valence-corrected chi connectivity index (χ3v) is 2.26. The standard InChI is InChI=1S/C10H18N2O3.CH4/c1-7(13)11-5-8-6-12(9(14)15-8)10(2,3)4;/h8H,5-6H2,1-4H3,(H,11,13);1H4/t8-;/m0./s1. The van der Waals surface area contributed by atoms with Crippen LogP contribution in [0, 0.1) is 0 Å². The lowest BCUT2D eigenvalue weighted by Gasteiger charge is -2.29. The molecule has 0 radical (unpaired) electrons. The van der Waals surface area contributed by atoms with E-state index in [1.807, 2.05) is 20.8 Å². The van der Waals surface area contributed by atoms with Gasteiger partial charge in [0.25, 0.3) is 0 Å². The van der Waals surface area contributed by atoms with Crippen molar-refractivity contribution in [1.82, 2.24) is 10.2 Å². The number of hydrogen-bond donors (Lipinski definition) is 1. The lowest BCUT2D eigenvalue weighted by Crippen LogP contribution is -2.43. The summed E-state index contributed by atoms with van der Waals surface area (Å²) in [6.07, 6.45) is -0.543. The van der Waals surface area contributed by atoms with Crippen molar-refractivity contribution >= 4 is 12.0 Å². The van der Waals surface area contributed by atoms with Crippen LogP contribution in [0.1, 0.15) is 35.1 Å². The maximum atomic E-state index is 11.5. The van der Waals surface area contributed by atoms with Crippen molar-refractivity contribution in [1.29, 1.82) is 0 Å². The van der Waals surface area contributed by atoms with Crippen LogP contribution in [0.4, 0.5) is 4.79 Å². The molecule has 1 aliphatic rings. The van der Waals surface area contributed by atoms with Gasteiger partial charge in [0.05, 0.1) is 13.1 Å². The molecule has 1 saturated heterocycles. The van der Waals surface area contributed by atoms with Crippen LogP contribution in [0.2, 0.25) is 0 Å². The molecule has 0 saturated carbocycles. The molecule has 0 aromatic heterocycles. The zero-order valence-corrected chi connectivity index (χ0v) is 9.66. The number of nitrogens with one attached hydrogen (secondary N) is 1. The van der Waals surface area contributed by atoms with Gasteiger partial charge in [0.2, 0.25) is 5.91 Å². The van der Waals surface area contributed by atoms with E-state index < -0.39 is 0 Å². The molecule has 1 atom stereocenters. The van der Waals surface area contributed by atoms with Crippen molar-refractivity contribution in [3.63, 3.8) is 0 Å². The summed E-state index contributed by atoms with van der Waals surface area (Å²) >= 11 is 0. The van der Waals surface area contributed by atoms with Gasteiger partial charge in [-0.15, -0.1) is 0 Å². The Balaban J connectivity index is 0.00000225. The molecule has 1 rings (SSSR count). The summed E-state index contributed by atoms with van der Waals surface area (Å²) in [5.74, 6) is -0.111. The van der Waals surface area contributed by atoms with Gasteiger partial charge in [-0.2, -0.15) is 0 Å². The molecule has 0 aromatic rings. The second kappa shape index (κ2) is 5.18. The summed E-state index contributed by atoms with van der Waals surface area (Å²) in [6.45, 7) is 8.22. The molecule has 5 heteroatoms. The van der Waals surface area contributed by atoms with E-state index in [-0.39, 0.29) is 31.1 Å². The molecule has 1 aliphatic heterocycles. The zero-order valence-electron chi connectivity index (χ0n) is 9.66. The fourth-order valence-corrected chi connectivity index (χ4v) is 1.43. The Morgan fingerprint density at radius 2 is 2.12 bits per heavy atom. The van der Waals surface area contributed by atoms with Gasteiger partial charge in [0.1, 0.15) is 6.10 Å². The maximum Gasteiger partial charge on any atom is 0.410 e. The molecular formula is C11H22N2O3. The number of rotatable bonds is 2. The maximum absolute atomic E-state index is 11.5. The van der Waals surface area contributed by atoms with E-state index in [9.17, 15) is 9.59 Å². The number of hydrogen-bond acceptors (Lipinski definition) is 3. The molecule has 5 nitrogen and oxygen atoms in total. The number of carbonyl (C=O) groups is 2. The SMILES string of the molecule is C.CC(=O)NC[C@H]1CN(C(C)(C)C)C(=O)O1. The van der Waals surface area contributed by atoms with Crippen LogP contribution in [-0.4, -0.2) is 41.6 Å². The molecule has 0 aliphatic carbocycles. The number of nitrogens with zero attached hydrogens (tertiary/aromatic N) is 1. The molecule has 1 N–H and O–H groups in total. The Bertz CT molecular complexity index is 271. The summed E-state index contributed by atoms with van der Waals surface area (Å²) in [5, 5.41) is 2.64. The first-order valence-electron chi connectivity index (χ1n) is 5.03. The number of amides is 2. The second-order valence-electron chi connectivity index (χ2n) is 4.72. The molecule has 0 aromatic carbocycles. The van der Waals surface area contributed by atoms with Crippen molar-refractivity contribution in [2.45, 2.75) is 46.8 Å². The van der Waals surface area contributed by atoms with Crippen LogP contribution in [0.5, 0.6) is 0 Å².